The van der Waals surface area contributed by atoms with E-state index in [-0.39, 0.29) is 18.4 Å². The number of piperazine rings is 1. The molecule has 3 aromatic rings. The van der Waals surface area contributed by atoms with Gasteiger partial charge in [0.15, 0.2) is 12.4 Å². The summed E-state index contributed by atoms with van der Waals surface area (Å²) in [5.41, 5.74) is 2.69. The Balaban J connectivity index is 1.28. The van der Waals surface area contributed by atoms with Gasteiger partial charge in [-0.05, 0) is 53.9 Å². The van der Waals surface area contributed by atoms with Crippen LogP contribution in [0.5, 0.6) is 5.75 Å². The quantitative estimate of drug-likeness (QED) is 0.512. The number of ether oxygens (including phenoxy) is 1. The molecule has 0 spiro atoms. The summed E-state index contributed by atoms with van der Waals surface area (Å²) in [7, 11) is 0. The van der Waals surface area contributed by atoms with Gasteiger partial charge in [0.25, 0.3) is 11.8 Å². The van der Waals surface area contributed by atoms with E-state index in [1.807, 2.05) is 36.4 Å². The van der Waals surface area contributed by atoms with Crippen LogP contribution < -0.4 is 15.0 Å². The summed E-state index contributed by atoms with van der Waals surface area (Å²) in [5.74, 6) is 1.08. The number of halogens is 1. The molecule has 34 heavy (non-hydrogen) atoms. The van der Waals surface area contributed by atoms with Gasteiger partial charge in [-0.25, -0.2) is 0 Å². The first-order valence-corrected chi connectivity index (χ1v) is 11.7. The smallest absolute Gasteiger partial charge is 0.289 e. The summed E-state index contributed by atoms with van der Waals surface area (Å²) >= 11 is 6.52. The average molecular weight is 482 g/mol. The summed E-state index contributed by atoms with van der Waals surface area (Å²) in [6, 6.07) is 16.6. The molecule has 2 heterocycles. The van der Waals surface area contributed by atoms with Gasteiger partial charge < -0.3 is 24.3 Å². The second kappa shape index (κ2) is 10.7. The third kappa shape index (κ3) is 5.72. The second-order valence-electron chi connectivity index (χ2n) is 8.48. The molecule has 0 radical (unpaired) electrons. The van der Waals surface area contributed by atoms with Crippen molar-refractivity contribution in [3.05, 3.63) is 77.2 Å². The first kappa shape index (κ1) is 23.7. The molecule has 7 nitrogen and oxygen atoms in total. The van der Waals surface area contributed by atoms with Crippen molar-refractivity contribution in [1.29, 1.82) is 0 Å². The number of anilines is 2. The Labute approximate surface area is 204 Å². The SMILES string of the molecule is CC(C)c1ccc(OCC(=O)Nc2ccc(N3CCN(C(=O)c4ccco4)CC3)c(Cl)c2)cc1. The Bertz CT molecular complexity index is 1120. The minimum Gasteiger partial charge on any atom is -0.484 e. The maximum Gasteiger partial charge on any atom is 0.289 e. The molecule has 4 rings (SSSR count). The van der Waals surface area contributed by atoms with Crippen LogP contribution in [0.4, 0.5) is 11.4 Å². The molecular weight excluding hydrogens is 454 g/mol. The Morgan fingerprint density at radius 1 is 1.06 bits per heavy atom. The van der Waals surface area contributed by atoms with Gasteiger partial charge in [0, 0.05) is 31.9 Å². The Morgan fingerprint density at radius 3 is 2.41 bits per heavy atom. The highest BCUT2D eigenvalue weighted by molar-refractivity contribution is 6.33. The number of carbonyl (C=O) groups excluding carboxylic acids is 2. The van der Waals surface area contributed by atoms with Crippen molar-refractivity contribution in [2.75, 3.05) is 43.0 Å². The van der Waals surface area contributed by atoms with Crippen molar-refractivity contribution in [3.8, 4) is 5.75 Å². The summed E-state index contributed by atoms with van der Waals surface area (Å²) in [4.78, 5) is 28.7. The maximum absolute atomic E-state index is 12.4. The Hall–Kier alpha value is -3.45. The Morgan fingerprint density at radius 2 is 1.79 bits per heavy atom. The van der Waals surface area contributed by atoms with Crippen LogP contribution in [-0.2, 0) is 4.79 Å². The molecule has 0 atom stereocenters. The van der Waals surface area contributed by atoms with Crippen LogP contribution in [0.3, 0.4) is 0 Å². The maximum atomic E-state index is 12.4. The number of hydrogen-bond acceptors (Lipinski definition) is 5. The van der Waals surface area contributed by atoms with Crippen molar-refractivity contribution in [3.63, 3.8) is 0 Å². The van der Waals surface area contributed by atoms with E-state index in [0.29, 0.717) is 54.3 Å². The first-order valence-electron chi connectivity index (χ1n) is 11.3. The molecule has 1 fully saturated rings. The highest BCUT2D eigenvalue weighted by Gasteiger charge is 2.24. The first-order chi connectivity index (χ1) is 16.4. The fourth-order valence-electron chi connectivity index (χ4n) is 3.84. The molecule has 8 heteroatoms. The molecule has 1 N–H and O–H groups in total. The molecule has 2 aromatic carbocycles. The van der Waals surface area contributed by atoms with Gasteiger partial charge in [-0.1, -0.05) is 37.6 Å². The van der Waals surface area contributed by atoms with Crippen LogP contribution in [0, 0.1) is 0 Å². The summed E-state index contributed by atoms with van der Waals surface area (Å²) in [6.45, 7) is 6.62. The lowest BCUT2D eigenvalue weighted by Gasteiger charge is -2.36. The van der Waals surface area contributed by atoms with Crippen LogP contribution in [0.25, 0.3) is 0 Å². The van der Waals surface area contributed by atoms with E-state index in [9.17, 15) is 9.59 Å². The lowest BCUT2D eigenvalue weighted by molar-refractivity contribution is -0.118. The van der Waals surface area contributed by atoms with E-state index >= 15 is 0 Å². The van der Waals surface area contributed by atoms with Crippen molar-refractivity contribution in [1.82, 2.24) is 4.90 Å². The van der Waals surface area contributed by atoms with Crippen molar-refractivity contribution < 1.29 is 18.7 Å². The monoisotopic (exact) mass is 481 g/mol. The third-order valence-electron chi connectivity index (χ3n) is 5.79. The summed E-state index contributed by atoms with van der Waals surface area (Å²) < 4.78 is 10.8. The molecular formula is C26H28ClN3O4. The van der Waals surface area contributed by atoms with E-state index < -0.39 is 0 Å². The van der Waals surface area contributed by atoms with Crippen LogP contribution in [0.1, 0.15) is 35.9 Å². The third-order valence-corrected chi connectivity index (χ3v) is 6.09. The predicted molar refractivity (Wildman–Crippen MR) is 133 cm³/mol. The molecule has 1 aromatic heterocycles. The van der Waals surface area contributed by atoms with Gasteiger partial charge >= 0.3 is 0 Å². The van der Waals surface area contributed by atoms with E-state index in [1.165, 1.54) is 11.8 Å². The van der Waals surface area contributed by atoms with E-state index in [0.717, 1.165) is 5.69 Å². The highest BCUT2D eigenvalue weighted by Crippen LogP contribution is 2.30. The average Bonchev–Trinajstić information content (AvgIpc) is 3.38. The number of rotatable bonds is 7. The molecule has 0 unspecified atom stereocenters. The van der Waals surface area contributed by atoms with Crippen LogP contribution in [0.2, 0.25) is 5.02 Å². The highest BCUT2D eigenvalue weighted by atomic mass is 35.5. The molecule has 0 aliphatic carbocycles. The number of carbonyl (C=O) groups is 2. The second-order valence-corrected chi connectivity index (χ2v) is 8.89. The number of furan rings is 1. The molecule has 1 aliphatic rings. The van der Waals surface area contributed by atoms with Gasteiger partial charge in [-0.3, -0.25) is 9.59 Å². The zero-order chi connectivity index (χ0) is 24.1. The fourth-order valence-corrected chi connectivity index (χ4v) is 4.14. The fraction of sp³-hybridized carbons (Fsp3) is 0.308. The number of hydrogen-bond donors (Lipinski definition) is 1. The summed E-state index contributed by atoms with van der Waals surface area (Å²) in [5, 5.41) is 3.36. The molecule has 0 bridgehead atoms. The number of amides is 2. The number of nitrogens with one attached hydrogen (secondary N) is 1. The van der Waals surface area contributed by atoms with Crippen molar-refractivity contribution in [2.45, 2.75) is 19.8 Å². The van der Waals surface area contributed by atoms with Gasteiger partial charge in [0.05, 0.1) is 17.0 Å². The van der Waals surface area contributed by atoms with E-state index in [4.69, 9.17) is 20.8 Å². The zero-order valence-electron chi connectivity index (χ0n) is 19.3. The minimum atomic E-state index is -0.262. The minimum absolute atomic E-state index is 0.0912. The van der Waals surface area contributed by atoms with Crippen molar-refractivity contribution in [2.24, 2.45) is 0 Å². The molecule has 0 saturated carbocycles. The molecule has 1 aliphatic heterocycles. The van der Waals surface area contributed by atoms with Crippen LogP contribution in [0.15, 0.2) is 65.3 Å². The summed E-state index contributed by atoms with van der Waals surface area (Å²) in [6.07, 6.45) is 1.50. The van der Waals surface area contributed by atoms with Gasteiger partial charge in [-0.2, -0.15) is 0 Å². The number of nitrogens with zero attached hydrogens (tertiary/aromatic N) is 2. The largest absolute Gasteiger partial charge is 0.484 e. The van der Waals surface area contributed by atoms with Gasteiger partial charge in [0.1, 0.15) is 5.75 Å². The zero-order valence-corrected chi connectivity index (χ0v) is 20.0. The Kier molecular flexibility index (Phi) is 7.43. The normalized spacial score (nSPS) is 13.8. The standard InChI is InChI=1S/C26H28ClN3O4/c1-18(2)19-5-8-21(9-6-19)34-17-25(31)28-20-7-10-23(22(27)16-20)29-11-13-30(14-12-29)26(32)24-4-3-15-33-24/h3-10,15-16,18H,11-14,17H2,1-2H3,(H,28,31). The lowest BCUT2D eigenvalue weighted by atomic mass is 10.0. The molecule has 178 valence electrons. The molecule has 2 amide bonds. The lowest BCUT2D eigenvalue weighted by Crippen LogP contribution is -2.48. The predicted octanol–water partition coefficient (Wildman–Crippen LogP) is 5.04. The topological polar surface area (TPSA) is 75.0 Å². The van der Waals surface area contributed by atoms with Crippen LogP contribution in [-0.4, -0.2) is 49.5 Å². The number of benzene rings is 2. The van der Waals surface area contributed by atoms with Crippen LogP contribution >= 0.6 is 11.6 Å². The molecule has 1 saturated heterocycles. The van der Waals surface area contributed by atoms with Gasteiger partial charge in [-0.15, -0.1) is 0 Å². The van der Waals surface area contributed by atoms with Gasteiger partial charge in [0.2, 0.25) is 0 Å². The van der Waals surface area contributed by atoms with Crippen molar-refractivity contribution >= 4 is 34.8 Å². The van der Waals surface area contributed by atoms with E-state index in [1.54, 1.807) is 23.1 Å². The van der Waals surface area contributed by atoms with E-state index in [2.05, 4.69) is 24.1 Å².